The summed E-state index contributed by atoms with van der Waals surface area (Å²) in [7, 11) is 0. The Kier molecular flexibility index (Phi) is 5.24. The lowest BCUT2D eigenvalue weighted by Gasteiger charge is -2.12. The third-order valence-electron chi connectivity index (χ3n) is 3.87. The molecule has 0 spiro atoms. The second kappa shape index (κ2) is 7.41. The zero-order chi connectivity index (χ0) is 18.0. The summed E-state index contributed by atoms with van der Waals surface area (Å²) >= 11 is 7.03. The van der Waals surface area contributed by atoms with Crippen molar-refractivity contribution in [2.45, 2.75) is 32.4 Å². The smallest absolute Gasteiger partial charge is 0.326 e. The standard InChI is InChI=1S/C17H17ClN2O4S/c1-9-15(16(21)20-14(17(22)23)10-2-3-10)25-13(19-9)8-24-12-6-4-11(18)5-7-12/h4-7,10,14H,2-3,8H2,1H3,(H,20,21)(H,22,23). The third-order valence-corrected chi connectivity index (χ3v) is 5.25. The number of ether oxygens (including phenoxy) is 1. The summed E-state index contributed by atoms with van der Waals surface area (Å²) in [5.41, 5.74) is 0.567. The van der Waals surface area contributed by atoms with E-state index in [0.717, 1.165) is 12.8 Å². The van der Waals surface area contributed by atoms with Crippen molar-refractivity contribution < 1.29 is 19.4 Å². The van der Waals surface area contributed by atoms with E-state index in [-0.39, 0.29) is 12.5 Å². The molecule has 1 aliphatic carbocycles. The van der Waals surface area contributed by atoms with Gasteiger partial charge in [0, 0.05) is 5.02 Å². The number of aryl methyl sites for hydroxylation is 1. The van der Waals surface area contributed by atoms with Crippen LogP contribution in [0.3, 0.4) is 0 Å². The first-order chi connectivity index (χ1) is 11.9. The Morgan fingerprint density at radius 1 is 1.40 bits per heavy atom. The molecule has 1 heterocycles. The topological polar surface area (TPSA) is 88.5 Å². The number of carbonyl (C=O) groups excluding carboxylic acids is 1. The van der Waals surface area contributed by atoms with Crippen LogP contribution in [0.2, 0.25) is 5.02 Å². The number of hydrogen-bond acceptors (Lipinski definition) is 5. The van der Waals surface area contributed by atoms with Gasteiger partial charge in [-0.3, -0.25) is 4.79 Å². The fraction of sp³-hybridized carbons (Fsp3) is 0.353. The van der Waals surface area contributed by atoms with Crippen LogP contribution in [-0.2, 0) is 11.4 Å². The van der Waals surface area contributed by atoms with E-state index in [4.69, 9.17) is 16.3 Å². The maximum atomic E-state index is 12.4. The van der Waals surface area contributed by atoms with Crippen LogP contribution in [0, 0.1) is 12.8 Å². The number of hydrogen-bond donors (Lipinski definition) is 2. The molecule has 8 heteroatoms. The van der Waals surface area contributed by atoms with E-state index in [9.17, 15) is 14.7 Å². The Morgan fingerprint density at radius 2 is 2.08 bits per heavy atom. The summed E-state index contributed by atoms with van der Waals surface area (Å²) < 4.78 is 5.63. The predicted octanol–water partition coefficient (Wildman–Crippen LogP) is 3.28. The fourth-order valence-electron chi connectivity index (χ4n) is 2.42. The minimum Gasteiger partial charge on any atom is -0.486 e. The number of carboxylic acid groups (broad SMARTS) is 1. The van der Waals surface area contributed by atoms with Gasteiger partial charge in [0.2, 0.25) is 0 Å². The molecule has 0 bridgehead atoms. The van der Waals surface area contributed by atoms with Gasteiger partial charge in [-0.25, -0.2) is 9.78 Å². The van der Waals surface area contributed by atoms with Gasteiger partial charge in [0.25, 0.3) is 5.91 Å². The van der Waals surface area contributed by atoms with Gasteiger partial charge in [0.05, 0.1) is 5.69 Å². The summed E-state index contributed by atoms with van der Waals surface area (Å²) in [6.45, 7) is 1.95. The molecule has 2 N–H and O–H groups in total. The predicted molar refractivity (Wildman–Crippen MR) is 94.2 cm³/mol. The summed E-state index contributed by atoms with van der Waals surface area (Å²) in [5, 5.41) is 13.1. The normalized spacial score (nSPS) is 14.8. The van der Waals surface area contributed by atoms with Gasteiger partial charge in [-0.1, -0.05) is 11.6 Å². The zero-order valence-corrected chi connectivity index (χ0v) is 15.1. The van der Waals surface area contributed by atoms with Crippen molar-refractivity contribution in [2.24, 2.45) is 5.92 Å². The van der Waals surface area contributed by atoms with E-state index in [1.807, 2.05) is 0 Å². The lowest BCUT2D eigenvalue weighted by Crippen LogP contribution is -2.42. The Hall–Kier alpha value is -2.12. The molecular formula is C17H17ClN2O4S. The number of rotatable bonds is 7. The number of amides is 1. The SMILES string of the molecule is Cc1nc(COc2ccc(Cl)cc2)sc1C(=O)NC(C(=O)O)C1CC1. The van der Waals surface area contributed by atoms with Crippen LogP contribution in [0.5, 0.6) is 5.75 Å². The zero-order valence-electron chi connectivity index (χ0n) is 13.5. The number of carbonyl (C=O) groups is 2. The Morgan fingerprint density at radius 3 is 2.68 bits per heavy atom. The molecule has 1 aromatic heterocycles. The molecule has 6 nitrogen and oxygen atoms in total. The van der Waals surface area contributed by atoms with Crippen molar-refractivity contribution in [3.8, 4) is 5.75 Å². The number of nitrogens with zero attached hydrogens (tertiary/aromatic N) is 1. The molecular weight excluding hydrogens is 364 g/mol. The molecule has 1 aliphatic rings. The van der Waals surface area contributed by atoms with Gasteiger partial charge in [0.15, 0.2) is 0 Å². The van der Waals surface area contributed by atoms with Crippen LogP contribution in [0.25, 0.3) is 0 Å². The van der Waals surface area contributed by atoms with Gasteiger partial charge in [0.1, 0.15) is 28.3 Å². The van der Waals surface area contributed by atoms with Gasteiger partial charge >= 0.3 is 5.97 Å². The summed E-state index contributed by atoms with van der Waals surface area (Å²) in [5.74, 6) is -0.707. The van der Waals surface area contributed by atoms with Crippen molar-refractivity contribution in [3.63, 3.8) is 0 Å². The van der Waals surface area contributed by atoms with Crippen molar-refractivity contribution in [1.82, 2.24) is 10.3 Å². The Balaban J connectivity index is 1.63. The lowest BCUT2D eigenvalue weighted by molar-refractivity contribution is -0.139. The maximum Gasteiger partial charge on any atom is 0.326 e. The number of halogens is 1. The maximum absolute atomic E-state index is 12.4. The molecule has 1 aromatic carbocycles. The van der Waals surface area contributed by atoms with Crippen molar-refractivity contribution in [2.75, 3.05) is 0 Å². The highest BCUT2D eigenvalue weighted by Gasteiger charge is 2.37. The second-order valence-corrected chi connectivity index (χ2v) is 7.41. The van der Waals surface area contributed by atoms with Crippen LogP contribution >= 0.6 is 22.9 Å². The highest BCUT2D eigenvalue weighted by molar-refractivity contribution is 7.13. The van der Waals surface area contributed by atoms with E-state index in [1.54, 1.807) is 31.2 Å². The van der Waals surface area contributed by atoms with Gasteiger partial charge in [-0.05, 0) is 49.9 Å². The third kappa shape index (κ3) is 4.49. The first kappa shape index (κ1) is 17.7. The minimum absolute atomic E-state index is 0.0300. The number of nitrogens with one attached hydrogen (secondary N) is 1. The van der Waals surface area contributed by atoms with Crippen molar-refractivity contribution in [1.29, 1.82) is 0 Å². The molecule has 3 rings (SSSR count). The minimum atomic E-state index is -0.996. The summed E-state index contributed by atoms with van der Waals surface area (Å²) in [6.07, 6.45) is 1.66. The molecule has 1 saturated carbocycles. The average molecular weight is 381 g/mol. The molecule has 0 saturated heterocycles. The van der Waals surface area contributed by atoms with Gasteiger partial charge in [-0.2, -0.15) is 0 Å². The Labute approximate surface area is 153 Å². The first-order valence-electron chi connectivity index (χ1n) is 7.82. The Bertz CT molecular complexity index is 786. The molecule has 1 amide bonds. The highest BCUT2D eigenvalue weighted by Crippen LogP contribution is 2.33. The van der Waals surface area contributed by atoms with Crippen LogP contribution in [-0.4, -0.2) is 28.0 Å². The van der Waals surface area contributed by atoms with Crippen LogP contribution in [0.15, 0.2) is 24.3 Å². The molecule has 1 atom stereocenters. The molecule has 25 heavy (non-hydrogen) atoms. The van der Waals surface area contributed by atoms with Crippen LogP contribution < -0.4 is 10.1 Å². The highest BCUT2D eigenvalue weighted by atomic mass is 35.5. The van der Waals surface area contributed by atoms with E-state index >= 15 is 0 Å². The fourth-order valence-corrected chi connectivity index (χ4v) is 3.43. The van der Waals surface area contributed by atoms with E-state index in [0.29, 0.717) is 26.4 Å². The number of benzene rings is 1. The summed E-state index contributed by atoms with van der Waals surface area (Å²) in [4.78, 5) is 28.4. The monoisotopic (exact) mass is 380 g/mol. The van der Waals surface area contributed by atoms with Crippen molar-refractivity contribution in [3.05, 3.63) is 44.9 Å². The largest absolute Gasteiger partial charge is 0.486 e. The van der Waals surface area contributed by atoms with E-state index in [2.05, 4.69) is 10.3 Å². The van der Waals surface area contributed by atoms with Crippen LogP contribution in [0.1, 0.15) is 33.2 Å². The summed E-state index contributed by atoms with van der Waals surface area (Å²) in [6, 6.07) is 6.13. The molecule has 0 radical (unpaired) electrons. The molecule has 2 aromatic rings. The molecule has 1 unspecified atom stereocenters. The second-order valence-electron chi connectivity index (χ2n) is 5.89. The average Bonchev–Trinajstić information content (AvgIpc) is 3.34. The van der Waals surface area contributed by atoms with Gasteiger partial charge < -0.3 is 15.2 Å². The number of thiazole rings is 1. The van der Waals surface area contributed by atoms with E-state index in [1.165, 1.54) is 11.3 Å². The quantitative estimate of drug-likeness (QED) is 0.769. The first-order valence-corrected chi connectivity index (χ1v) is 9.02. The van der Waals surface area contributed by atoms with Gasteiger partial charge in [-0.15, -0.1) is 11.3 Å². The molecule has 0 aliphatic heterocycles. The molecule has 132 valence electrons. The number of aromatic nitrogens is 1. The number of carboxylic acids is 1. The molecule has 1 fully saturated rings. The van der Waals surface area contributed by atoms with Crippen LogP contribution in [0.4, 0.5) is 0 Å². The van der Waals surface area contributed by atoms with Crippen molar-refractivity contribution >= 4 is 34.8 Å². The van der Waals surface area contributed by atoms with E-state index < -0.39 is 17.9 Å². The number of aliphatic carboxylic acids is 1. The lowest BCUT2D eigenvalue weighted by atomic mass is 10.2.